The first kappa shape index (κ1) is 157. The van der Waals surface area contributed by atoms with Gasteiger partial charge in [-0.2, -0.15) is 0 Å². The minimum Gasteiger partial charge on any atom is -0.870 e. The minimum atomic E-state index is -1.49. The summed E-state index contributed by atoms with van der Waals surface area (Å²) in [5, 5.41) is 11.5. The zero-order valence-electron chi connectivity index (χ0n) is 85.0. The van der Waals surface area contributed by atoms with Gasteiger partial charge in [-0.1, -0.05) is 277 Å². The fraction of sp³-hybridized carbons (Fsp3) is 0.330. The Labute approximate surface area is 891 Å². The predicted molar refractivity (Wildman–Crippen MR) is 577 cm³/mol. The van der Waals surface area contributed by atoms with Crippen molar-refractivity contribution in [1.29, 1.82) is 0 Å². The maximum Gasteiger partial charge on any atom is 2.00 e. The van der Waals surface area contributed by atoms with E-state index in [9.17, 15) is 5.11 Å². The van der Waals surface area contributed by atoms with E-state index in [1.165, 1.54) is 51.9 Å². The molecule has 0 radical (unpaired) electrons. The number of aromatic nitrogens is 7. The molecule has 0 fully saturated rings. The van der Waals surface area contributed by atoms with E-state index in [0.29, 0.717) is 12.5 Å². The summed E-state index contributed by atoms with van der Waals surface area (Å²) in [6.07, 6.45) is 9.17. The number of rotatable bonds is 11. The monoisotopic (exact) mass is 2340 g/mol. The van der Waals surface area contributed by atoms with E-state index >= 15 is 0 Å². The van der Waals surface area contributed by atoms with Gasteiger partial charge >= 0.3 is 19.5 Å². The van der Waals surface area contributed by atoms with Crippen LogP contribution < -0.4 is 9.97 Å². The van der Waals surface area contributed by atoms with Gasteiger partial charge in [0.1, 0.15) is 22.3 Å². The van der Waals surface area contributed by atoms with E-state index < -0.39 is 22.3 Å². The number of fused-ring (bicyclic) bond motifs is 8. The second-order valence-electron chi connectivity index (χ2n) is 40.5. The minimum absolute atomic E-state index is 0. The summed E-state index contributed by atoms with van der Waals surface area (Å²) in [6, 6.07) is 67.9. The zero-order chi connectivity index (χ0) is 86.6. The summed E-state index contributed by atoms with van der Waals surface area (Å²) in [4.78, 5) is 36.7. The molecule has 143 heavy (non-hydrogen) atoms. The Balaban J connectivity index is -0.000000204. The molecule has 12 aromatic rings. The molecular formula is C106H139BrI2N8O23Si2Zn-22. The Morgan fingerprint density at radius 3 is 1.31 bits per heavy atom. The molecule has 31 nitrogen and oxygen atoms in total. The zero-order valence-corrected chi connectivity index (χ0v) is 95.8. The van der Waals surface area contributed by atoms with E-state index in [-0.39, 0.29) is 172 Å². The number of benzene rings is 6. The molecule has 15 rings (SSSR count). The number of hydrogen-bond donors (Lipinski definition) is 4. The van der Waals surface area contributed by atoms with Gasteiger partial charge in [-0.15, -0.1) is 33.2 Å². The predicted octanol–water partition coefficient (Wildman–Crippen LogP) is 24.2. The van der Waals surface area contributed by atoms with Crippen molar-refractivity contribution < 1.29 is 145 Å². The molecule has 6 aromatic heterocycles. The van der Waals surface area contributed by atoms with Crippen LogP contribution in [0, 0.1) is 35.5 Å². The maximum atomic E-state index is 11.5. The SMILES string of the molecule is CC(C)(C)c1cc(-c2c3nc(cc4[n-]c(cc5nc(cc6[n-]c2cc6-c2ccc(I)cc2)C(C)(C)C5)cc4-c2ccc(C#C[Si](C)(C)C)cc2)C=C3)cc(C(C)(C)C)c1.CC(C)(C)c1cc(C(O)c2ccc(Cc3[nH]c(Br)cc3-c3ccc(C#C[Si](C)(C)C)cc3)[nH]2)cc(C(C)(C)C)c1.CC1=NC(Cc2[nH]ccc2-c2ccc(I)cc2)C(C)(C)C1.[OH-].[OH-].[OH-].[OH-].[OH-].[OH-].[OH-].[OH-].[OH-].[OH-].[OH-].[OH-].[OH-].[OH-].[OH-].[OH-].[OH-].[OH-].[OH-].[OH-].[OH-].[OH-].[Zn+2]. The smallest absolute Gasteiger partial charge is 0.870 e. The molecule has 0 aliphatic carbocycles. The number of aliphatic hydroxyl groups is 1. The van der Waals surface area contributed by atoms with Crippen LogP contribution in [0.25, 0.3) is 89.9 Å². The van der Waals surface area contributed by atoms with Crippen LogP contribution >= 0.6 is 61.1 Å². The van der Waals surface area contributed by atoms with Gasteiger partial charge in [0.05, 0.1) is 22.0 Å². The van der Waals surface area contributed by atoms with Gasteiger partial charge in [-0.05, 0) is 259 Å². The number of H-pyrrole nitrogens is 3. The van der Waals surface area contributed by atoms with E-state index in [0.717, 1.165) is 147 Å². The summed E-state index contributed by atoms with van der Waals surface area (Å²) in [6.45, 7) is 52.0. The van der Waals surface area contributed by atoms with Gasteiger partial charge in [-0.3, -0.25) is 9.98 Å². The van der Waals surface area contributed by atoms with Crippen LogP contribution in [0.3, 0.4) is 0 Å². The quantitative estimate of drug-likeness (QED) is 0.0531. The van der Waals surface area contributed by atoms with Crippen LogP contribution in [0.15, 0.2) is 204 Å². The second kappa shape index (κ2) is 61.5. The van der Waals surface area contributed by atoms with Crippen molar-refractivity contribution in [2.24, 2.45) is 10.4 Å². The van der Waals surface area contributed by atoms with Gasteiger partial charge in [-0.25, -0.2) is 4.98 Å². The third kappa shape index (κ3) is 39.2. The number of aromatic amines is 3. The summed E-state index contributed by atoms with van der Waals surface area (Å²) in [7, 11) is -2.90. The van der Waals surface area contributed by atoms with E-state index in [1.807, 2.05) is 12.3 Å². The van der Waals surface area contributed by atoms with E-state index in [4.69, 9.17) is 24.9 Å². The van der Waals surface area contributed by atoms with Gasteiger partial charge < -0.3 is 151 Å². The fourth-order valence-electron chi connectivity index (χ4n) is 15.6. The molecule has 6 aromatic carbocycles. The summed E-state index contributed by atoms with van der Waals surface area (Å²) >= 11 is 8.36. The molecule has 3 aliphatic rings. The molecule has 794 valence electrons. The van der Waals surface area contributed by atoms with Crippen LogP contribution in [0.2, 0.25) is 39.3 Å². The van der Waals surface area contributed by atoms with Gasteiger partial charge in [0.25, 0.3) is 0 Å². The molecule has 3 aliphatic heterocycles. The van der Waals surface area contributed by atoms with E-state index in [1.54, 1.807) is 0 Å². The number of hydrogen-bond acceptors (Lipinski definition) is 26. The third-order valence-electron chi connectivity index (χ3n) is 22.6. The normalized spacial score (nSPS) is 12.5. The summed E-state index contributed by atoms with van der Waals surface area (Å²) in [5.41, 5.74) is 39.2. The first-order valence-corrected chi connectivity index (χ1v) is 52.0. The van der Waals surface area contributed by atoms with Crippen molar-refractivity contribution in [2.75, 3.05) is 0 Å². The van der Waals surface area contributed by atoms with Crippen LogP contribution in [0.4, 0.5) is 0 Å². The molecule has 0 spiro atoms. The number of aliphatic hydroxyl groups excluding tert-OH is 1. The van der Waals surface area contributed by atoms with Gasteiger partial charge in [0.2, 0.25) is 0 Å². The van der Waals surface area contributed by atoms with Gasteiger partial charge in [0, 0.05) is 100 Å². The molecule has 8 bridgehead atoms. The largest absolute Gasteiger partial charge is 2.00 e. The van der Waals surface area contributed by atoms with Crippen molar-refractivity contribution in [1.82, 2.24) is 34.9 Å². The van der Waals surface area contributed by atoms with Crippen LogP contribution in [0.1, 0.15) is 215 Å². The second-order valence-corrected chi connectivity index (χ2v) is 53.3. The third-order valence-corrected chi connectivity index (χ3v) is 26.2. The molecule has 0 amide bonds. The fourth-order valence-corrected chi connectivity index (χ4v) is 17.8. The summed E-state index contributed by atoms with van der Waals surface area (Å²) < 4.78 is 3.41. The molecule has 37 heteroatoms. The first-order valence-electron chi connectivity index (χ1n) is 42.0. The molecular weight excluding hydrogens is 2210 g/mol. The van der Waals surface area contributed by atoms with Crippen molar-refractivity contribution in [3.05, 3.63) is 290 Å². The number of aliphatic imine (C=N–C) groups is 1. The van der Waals surface area contributed by atoms with Crippen molar-refractivity contribution >= 4 is 117 Å². The standard InChI is InChI=1S/C53H53IN4Si.C35H43BrN2OSi.C18H21IN2.22H2O.Zn/c1-51(2,3)37-24-36(25-38(26-37)52(4,5)6)50-45-21-20-40(55-45)29-46-43(34-14-12-33(13-15-34)22-23-59(9,10)11)28-41(56-46)27-42-32-53(7,8)49(57-42)31-47-44(30-48(50)58-47)35-16-18-39(54)19-17-35;1-34(2,3)26-18-25(19-27(20-26)35(4,5)6)33(39)30-15-14-28(37-30)21-31-29(22-32(36)38-31)24-12-10-23(11-13-24)16-17-40(7,8)9;1-12-11-18(2,3)17(21-12)10-16-15(8-9-20-16)13-4-6-14(19)7-5-13;;;;;;;;;;;;;;;;;;;;;;;/h12-21,24-31H,32H2,1-11H3;10-15,18-20,22,33,37-39H,21H2,1-9H3;4-9,17,20H,10-11H2,1-3H3;22*1H2;/q-2;;;;;;;;;;;;;;;;;;;;;;;;;+2/p-22. The molecule has 0 saturated carbocycles. The molecule has 2 atom stereocenters. The van der Waals surface area contributed by atoms with Crippen LogP contribution in [-0.4, -0.2) is 178 Å². The Hall–Kier alpha value is -9.11. The topological polar surface area (TPSA) is 794 Å². The van der Waals surface area contributed by atoms with Crippen LogP contribution in [-0.2, 0) is 65.8 Å². The number of nitrogens with zero attached hydrogens (tertiary/aromatic N) is 5. The summed E-state index contributed by atoms with van der Waals surface area (Å²) in [5.74, 6) is 6.75. The van der Waals surface area contributed by atoms with Crippen molar-refractivity contribution in [3.8, 4) is 78.6 Å². The average Bonchev–Trinajstić information content (AvgIpc) is 1.62. The maximum absolute atomic E-state index is 11.5. The molecule has 0 saturated heterocycles. The van der Waals surface area contributed by atoms with Gasteiger partial charge in [0.15, 0.2) is 0 Å². The number of nitrogens with one attached hydrogen (secondary N) is 3. The molecule has 9 heterocycles. The van der Waals surface area contributed by atoms with E-state index in [2.05, 4.69) is 450 Å². The number of halogens is 3. The Morgan fingerprint density at radius 2 is 0.874 bits per heavy atom. The Kier molecular flexibility index (Phi) is 67.3. The van der Waals surface area contributed by atoms with Crippen molar-refractivity contribution in [2.45, 2.75) is 222 Å². The average molecular weight is 2350 g/mol. The Bertz CT molecular complexity index is 6200. The molecule has 26 N–H and O–H groups in total. The van der Waals surface area contributed by atoms with Crippen molar-refractivity contribution in [3.63, 3.8) is 0 Å². The molecule has 2 unspecified atom stereocenters. The van der Waals surface area contributed by atoms with Crippen LogP contribution in [0.5, 0.6) is 0 Å². The first-order chi connectivity index (χ1) is 56.1. The Morgan fingerprint density at radius 1 is 0.448 bits per heavy atom.